The van der Waals surface area contributed by atoms with Gasteiger partial charge in [-0.15, -0.1) is 0 Å². The second kappa shape index (κ2) is 6.81. The molecule has 1 heterocycles. The van der Waals surface area contributed by atoms with Crippen LogP contribution in [0.25, 0.3) is 10.9 Å². The van der Waals surface area contributed by atoms with Gasteiger partial charge in [-0.25, -0.2) is 0 Å². The molecule has 1 amide bonds. The number of pyridine rings is 1. The number of fused-ring (bicyclic) bond motifs is 1. The molecule has 128 valence electrons. The van der Waals surface area contributed by atoms with Gasteiger partial charge in [-0.05, 0) is 42.6 Å². The van der Waals surface area contributed by atoms with Crippen LogP contribution < -0.4 is 15.2 Å². The van der Waals surface area contributed by atoms with Crippen molar-refractivity contribution in [3.8, 4) is 5.75 Å². The van der Waals surface area contributed by atoms with Crippen LogP contribution in [0.3, 0.4) is 0 Å². The van der Waals surface area contributed by atoms with E-state index in [4.69, 9.17) is 4.74 Å². The summed E-state index contributed by atoms with van der Waals surface area (Å²) in [5, 5.41) is 0.943. The van der Waals surface area contributed by atoms with E-state index in [9.17, 15) is 9.59 Å². The smallest absolute Gasteiger partial charge is 0.253 e. The monoisotopic (exact) mass is 336 g/mol. The maximum Gasteiger partial charge on any atom is 0.253 e. The molecular formula is C20H20N2O3. The molecule has 0 aliphatic carbocycles. The van der Waals surface area contributed by atoms with Gasteiger partial charge in [0.15, 0.2) is 0 Å². The van der Waals surface area contributed by atoms with E-state index >= 15 is 0 Å². The van der Waals surface area contributed by atoms with Gasteiger partial charge in [-0.2, -0.15) is 0 Å². The van der Waals surface area contributed by atoms with Crippen LogP contribution in [0, 0.1) is 6.92 Å². The lowest BCUT2D eigenvalue weighted by Crippen LogP contribution is -2.31. The molecule has 1 N–H and O–H groups in total. The maximum absolute atomic E-state index is 12.4. The van der Waals surface area contributed by atoms with E-state index in [2.05, 4.69) is 4.98 Å². The highest BCUT2D eigenvalue weighted by Crippen LogP contribution is 2.29. The Morgan fingerprint density at radius 2 is 1.92 bits per heavy atom. The van der Waals surface area contributed by atoms with Gasteiger partial charge in [-0.3, -0.25) is 9.59 Å². The summed E-state index contributed by atoms with van der Waals surface area (Å²) in [6.45, 7) is 3.65. The standard InChI is InChI=1S/C20H20N2O3/c1-13-8-9-17-15(10-13)11-16(20(24)21-17)12-22(14(2)23)18-6-4-5-7-19(18)25-3/h4-11H,12H2,1-3H3,(H,21,24). The third-order valence-corrected chi connectivity index (χ3v) is 4.16. The third-order valence-electron chi connectivity index (χ3n) is 4.16. The molecule has 0 atom stereocenters. The number of para-hydroxylation sites is 2. The lowest BCUT2D eigenvalue weighted by molar-refractivity contribution is -0.116. The van der Waals surface area contributed by atoms with Gasteiger partial charge < -0.3 is 14.6 Å². The molecule has 0 fully saturated rings. The number of carbonyl (C=O) groups excluding carboxylic acids is 1. The summed E-state index contributed by atoms with van der Waals surface area (Å²) >= 11 is 0. The number of rotatable bonds is 4. The molecule has 0 spiro atoms. The minimum atomic E-state index is -0.197. The number of methoxy groups -OCH3 is 1. The van der Waals surface area contributed by atoms with Crippen LogP contribution in [0.5, 0.6) is 5.75 Å². The second-order valence-corrected chi connectivity index (χ2v) is 5.99. The average molecular weight is 336 g/mol. The lowest BCUT2D eigenvalue weighted by Gasteiger charge is -2.23. The fourth-order valence-electron chi connectivity index (χ4n) is 2.88. The topological polar surface area (TPSA) is 62.4 Å². The van der Waals surface area contributed by atoms with Crippen molar-refractivity contribution < 1.29 is 9.53 Å². The normalized spacial score (nSPS) is 10.7. The van der Waals surface area contributed by atoms with Crippen molar-refractivity contribution in [2.75, 3.05) is 12.0 Å². The summed E-state index contributed by atoms with van der Waals surface area (Å²) < 4.78 is 5.35. The summed E-state index contributed by atoms with van der Waals surface area (Å²) in [4.78, 5) is 29.1. The van der Waals surface area contributed by atoms with Crippen LogP contribution in [-0.2, 0) is 11.3 Å². The Balaban J connectivity index is 2.06. The van der Waals surface area contributed by atoms with Gasteiger partial charge in [-0.1, -0.05) is 23.8 Å². The molecule has 0 saturated heterocycles. The van der Waals surface area contributed by atoms with Crippen molar-refractivity contribution in [3.05, 3.63) is 70.0 Å². The van der Waals surface area contributed by atoms with E-state index < -0.39 is 0 Å². The van der Waals surface area contributed by atoms with Gasteiger partial charge in [0.05, 0.1) is 19.3 Å². The first kappa shape index (κ1) is 16.8. The largest absolute Gasteiger partial charge is 0.495 e. The number of hydrogen-bond donors (Lipinski definition) is 1. The van der Waals surface area contributed by atoms with Crippen LogP contribution in [-0.4, -0.2) is 18.0 Å². The van der Waals surface area contributed by atoms with Crippen LogP contribution in [0.2, 0.25) is 0 Å². The summed E-state index contributed by atoms with van der Waals surface area (Å²) in [6, 6.07) is 15.0. The maximum atomic E-state index is 12.4. The lowest BCUT2D eigenvalue weighted by atomic mass is 10.1. The number of aryl methyl sites for hydroxylation is 1. The summed E-state index contributed by atoms with van der Waals surface area (Å²) in [7, 11) is 1.56. The number of aromatic amines is 1. The molecule has 25 heavy (non-hydrogen) atoms. The van der Waals surface area contributed by atoms with Crippen LogP contribution in [0.15, 0.2) is 53.3 Å². The van der Waals surface area contributed by atoms with Gasteiger partial charge in [0, 0.05) is 18.0 Å². The zero-order valence-electron chi connectivity index (χ0n) is 14.5. The van der Waals surface area contributed by atoms with Crippen molar-refractivity contribution in [2.45, 2.75) is 20.4 Å². The zero-order chi connectivity index (χ0) is 18.0. The quantitative estimate of drug-likeness (QED) is 0.794. The number of H-pyrrole nitrogens is 1. The van der Waals surface area contributed by atoms with Crippen molar-refractivity contribution >= 4 is 22.5 Å². The zero-order valence-corrected chi connectivity index (χ0v) is 14.5. The molecule has 1 aromatic heterocycles. The molecule has 3 rings (SSSR count). The molecule has 0 saturated carbocycles. The summed E-state index contributed by atoms with van der Waals surface area (Å²) in [5.41, 5.74) is 2.86. The molecular weight excluding hydrogens is 316 g/mol. The molecule has 0 radical (unpaired) electrons. The number of nitrogens with zero attached hydrogens (tertiary/aromatic N) is 1. The van der Waals surface area contributed by atoms with Crippen molar-refractivity contribution in [1.29, 1.82) is 0 Å². The Morgan fingerprint density at radius 3 is 2.64 bits per heavy atom. The Morgan fingerprint density at radius 1 is 1.16 bits per heavy atom. The highest BCUT2D eigenvalue weighted by Gasteiger charge is 2.18. The molecule has 0 bridgehead atoms. The molecule has 5 heteroatoms. The van der Waals surface area contributed by atoms with Gasteiger partial charge in [0.1, 0.15) is 5.75 Å². The van der Waals surface area contributed by atoms with E-state index in [0.717, 1.165) is 16.5 Å². The van der Waals surface area contributed by atoms with E-state index in [-0.39, 0.29) is 18.0 Å². The Bertz CT molecular complexity index is 992. The number of aromatic nitrogens is 1. The van der Waals surface area contributed by atoms with Crippen molar-refractivity contribution in [1.82, 2.24) is 4.98 Å². The van der Waals surface area contributed by atoms with E-state index in [1.54, 1.807) is 24.1 Å². The second-order valence-electron chi connectivity index (χ2n) is 5.99. The number of hydrogen-bond acceptors (Lipinski definition) is 3. The first-order valence-corrected chi connectivity index (χ1v) is 8.03. The van der Waals surface area contributed by atoms with Gasteiger partial charge in [0.25, 0.3) is 5.56 Å². The first-order valence-electron chi connectivity index (χ1n) is 8.03. The Hall–Kier alpha value is -3.08. The predicted molar refractivity (Wildman–Crippen MR) is 99.2 cm³/mol. The van der Waals surface area contributed by atoms with Crippen LogP contribution >= 0.6 is 0 Å². The summed E-state index contributed by atoms with van der Waals surface area (Å²) in [5.74, 6) is 0.430. The minimum absolute atomic E-state index is 0.159. The highest BCUT2D eigenvalue weighted by atomic mass is 16.5. The third kappa shape index (κ3) is 3.40. The highest BCUT2D eigenvalue weighted by molar-refractivity contribution is 5.93. The van der Waals surface area contributed by atoms with Crippen molar-refractivity contribution in [2.24, 2.45) is 0 Å². The van der Waals surface area contributed by atoms with E-state index in [1.165, 1.54) is 6.92 Å². The van der Waals surface area contributed by atoms with Crippen LogP contribution in [0.1, 0.15) is 18.1 Å². The Kier molecular flexibility index (Phi) is 4.57. The van der Waals surface area contributed by atoms with Gasteiger partial charge >= 0.3 is 0 Å². The number of amides is 1. The molecule has 2 aromatic carbocycles. The number of benzene rings is 2. The van der Waals surface area contributed by atoms with Crippen molar-refractivity contribution in [3.63, 3.8) is 0 Å². The fourth-order valence-corrected chi connectivity index (χ4v) is 2.88. The minimum Gasteiger partial charge on any atom is -0.495 e. The predicted octanol–water partition coefficient (Wildman–Crippen LogP) is 3.40. The average Bonchev–Trinajstić information content (AvgIpc) is 2.60. The first-order chi connectivity index (χ1) is 12.0. The van der Waals surface area contributed by atoms with Crippen LogP contribution in [0.4, 0.5) is 5.69 Å². The number of nitrogens with one attached hydrogen (secondary N) is 1. The number of anilines is 1. The molecule has 5 nitrogen and oxygen atoms in total. The molecule has 3 aromatic rings. The van der Waals surface area contributed by atoms with E-state index in [0.29, 0.717) is 17.0 Å². The Labute approximate surface area is 145 Å². The number of ether oxygens (including phenoxy) is 1. The number of carbonyl (C=O) groups is 1. The molecule has 0 aliphatic heterocycles. The SMILES string of the molecule is COc1ccccc1N(Cc1cc2cc(C)ccc2[nH]c1=O)C(C)=O. The van der Waals surface area contributed by atoms with Gasteiger partial charge in [0.2, 0.25) is 5.91 Å². The summed E-state index contributed by atoms with van der Waals surface area (Å²) in [6.07, 6.45) is 0. The van der Waals surface area contributed by atoms with E-state index in [1.807, 2.05) is 43.3 Å². The molecule has 0 aliphatic rings. The molecule has 0 unspecified atom stereocenters. The fraction of sp³-hybridized carbons (Fsp3) is 0.200.